The average molecular weight is 468 g/mol. The molecule has 0 aliphatic rings. The highest BCUT2D eigenvalue weighted by atomic mass is 16.2. The van der Waals surface area contributed by atoms with Crippen LogP contribution in [0.3, 0.4) is 0 Å². The van der Waals surface area contributed by atoms with Crippen LogP contribution in [0.15, 0.2) is 55.0 Å². The van der Waals surface area contributed by atoms with Crippen LogP contribution in [0.4, 0.5) is 5.69 Å². The fourth-order valence-corrected chi connectivity index (χ4v) is 3.93. The Morgan fingerprint density at radius 2 is 1.80 bits per heavy atom. The first-order valence-electron chi connectivity index (χ1n) is 11.3. The number of fused-ring (bicyclic) bond motifs is 2. The number of carbonyl (C=O) groups excluding carboxylic acids is 2. The van der Waals surface area contributed by atoms with Gasteiger partial charge in [0.2, 0.25) is 5.91 Å². The third kappa shape index (κ3) is 4.12. The lowest BCUT2D eigenvalue weighted by atomic mass is 10.1. The third-order valence-corrected chi connectivity index (χ3v) is 5.84. The van der Waals surface area contributed by atoms with E-state index in [2.05, 4.69) is 30.5 Å². The third-order valence-electron chi connectivity index (χ3n) is 5.84. The number of H-pyrrole nitrogens is 2. The van der Waals surface area contributed by atoms with E-state index in [1.54, 1.807) is 37.6 Å². The number of rotatable bonds is 5. The van der Waals surface area contributed by atoms with Crippen molar-refractivity contribution in [2.75, 3.05) is 19.4 Å². The van der Waals surface area contributed by atoms with Crippen molar-refractivity contribution in [2.24, 2.45) is 5.92 Å². The summed E-state index contributed by atoms with van der Waals surface area (Å²) in [4.78, 5) is 38.5. The van der Waals surface area contributed by atoms with Gasteiger partial charge < -0.3 is 15.2 Å². The van der Waals surface area contributed by atoms with Gasteiger partial charge in [-0.05, 0) is 30.3 Å². The Kier molecular flexibility index (Phi) is 5.52. The van der Waals surface area contributed by atoms with Crippen molar-refractivity contribution in [3.05, 3.63) is 60.6 Å². The zero-order valence-corrected chi connectivity index (χ0v) is 19.9. The summed E-state index contributed by atoms with van der Waals surface area (Å²) in [5, 5.41) is 12.0. The monoisotopic (exact) mass is 467 g/mol. The highest BCUT2D eigenvalue weighted by molar-refractivity contribution is 6.08. The molecule has 0 spiro atoms. The molecule has 2 amide bonds. The molecule has 0 radical (unpaired) electrons. The van der Waals surface area contributed by atoms with Crippen LogP contribution in [0.2, 0.25) is 0 Å². The minimum atomic E-state index is -0.130. The van der Waals surface area contributed by atoms with Gasteiger partial charge >= 0.3 is 0 Å². The van der Waals surface area contributed by atoms with Crippen LogP contribution in [0.25, 0.3) is 44.5 Å². The zero-order valence-electron chi connectivity index (χ0n) is 19.9. The number of carbonyl (C=O) groups is 2. The van der Waals surface area contributed by atoms with Crippen LogP contribution in [0, 0.1) is 5.92 Å². The van der Waals surface area contributed by atoms with E-state index in [1.165, 1.54) is 0 Å². The van der Waals surface area contributed by atoms with Crippen molar-refractivity contribution < 1.29 is 9.59 Å². The lowest BCUT2D eigenvalue weighted by Crippen LogP contribution is -2.21. The molecule has 0 aliphatic carbocycles. The summed E-state index contributed by atoms with van der Waals surface area (Å²) in [6.07, 6.45) is 5.09. The number of benzene rings is 1. The Bertz CT molecular complexity index is 1580. The molecule has 0 aliphatic heterocycles. The van der Waals surface area contributed by atoms with Crippen LogP contribution >= 0.6 is 0 Å². The summed E-state index contributed by atoms with van der Waals surface area (Å²) >= 11 is 0. The number of aromatic amines is 2. The minimum Gasteiger partial charge on any atom is -0.353 e. The number of amides is 2. The van der Waals surface area contributed by atoms with E-state index in [0.29, 0.717) is 16.9 Å². The molecule has 0 bridgehead atoms. The first kappa shape index (κ1) is 22.3. The molecule has 5 rings (SSSR count). The maximum Gasteiger partial charge on any atom is 0.254 e. The van der Waals surface area contributed by atoms with Crippen LogP contribution in [0.1, 0.15) is 24.2 Å². The molecule has 4 aromatic heterocycles. The van der Waals surface area contributed by atoms with Gasteiger partial charge in [0.05, 0.1) is 23.3 Å². The minimum absolute atomic E-state index is 0.0588. The average Bonchev–Trinajstić information content (AvgIpc) is 3.47. The fraction of sp³-hybridized carbons (Fsp3) is 0.192. The van der Waals surface area contributed by atoms with Gasteiger partial charge in [0.25, 0.3) is 5.91 Å². The van der Waals surface area contributed by atoms with Crippen LogP contribution in [-0.2, 0) is 4.79 Å². The van der Waals surface area contributed by atoms with Crippen LogP contribution in [0.5, 0.6) is 0 Å². The van der Waals surface area contributed by atoms with Crippen molar-refractivity contribution in [2.45, 2.75) is 13.8 Å². The first-order chi connectivity index (χ1) is 16.8. The number of pyridine rings is 2. The van der Waals surface area contributed by atoms with Crippen molar-refractivity contribution in [3.8, 4) is 22.5 Å². The van der Waals surface area contributed by atoms with E-state index in [1.807, 2.05) is 50.2 Å². The number of nitrogens with zero attached hydrogens (tertiary/aromatic N) is 4. The Morgan fingerprint density at radius 1 is 1.00 bits per heavy atom. The molecule has 3 N–H and O–H groups in total. The number of hydrogen-bond acceptors (Lipinski definition) is 5. The molecule has 9 heteroatoms. The Labute approximate surface area is 201 Å². The lowest BCUT2D eigenvalue weighted by molar-refractivity contribution is -0.118. The second-order valence-electron chi connectivity index (χ2n) is 8.95. The van der Waals surface area contributed by atoms with E-state index in [9.17, 15) is 9.59 Å². The van der Waals surface area contributed by atoms with E-state index >= 15 is 0 Å². The molecular weight excluding hydrogens is 442 g/mol. The SMILES string of the molecule is CC(C)C(=O)Nc1cncc(-c2cnc3n[nH]c(-c4cc5c(C(=O)N(C)C)cccc5[nH]4)c3c2)c1. The summed E-state index contributed by atoms with van der Waals surface area (Å²) in [5.41, 5.74) is 5.92. The van der Waals surface area contributed by atoms with Gasteiger partial charge in [0.15, 0.2) is 5.65 Å². The molecule has 0 atom stereocenters. The van der Waals surface area contributed by atoms with Crippen molar-refractivity contribution in [3.63, 3.8) is 0 Å². The van der Waals surface area contributed by atoms with E-state index in [0.717, 1.165) is 38.8 Å². The maximum absolute atomic E-state index is 12.6. The molecule has 0 saturated carbocycles. The Hall–Kier alpha value is -4.53. The summed E-state index contributed by atoms with van der Waals surface area (Å²) in [6, 6.07) is 11.4. The topological polar surface area (TPSA) is 120 Å². The predicted octanol–water partition coefficient (Wildman–Crippen LogP) is 4.46. The maximum atomic E-state index is 12.6. The molecule has 0 fully saturated rings. The molecule has 176 valence electrons. The van der Waals surface area contributed by atoms with Crippen LogP contribution < -0.4 is 5.32 Å². The highest BCUT2D eigenvalue weighted by Crippen LogP contribution is 2.32. The van der Waals surface area contributed by atoms with Gasteiger partial charge in [0.1, 0.15) is 0 Å². The highest BCUT2D eigenvalue weighted by Gasteiger charge is 2.17. The van der Waals surface area contributed by atoms with Gasteiger partial charge in [-0.2, -0.15) is 5.10 Å². The molecule has 0 unspecified atom stereocenters. The number of aromatic nitrogens is 5. The number of hydrogen-bond donors (Lipinski definition) is 3. The number of anilines is 1. The molecule has 5 aromatic rings. The molecule has 1 aromatic carbocycles. The number of nitrogens with one attached hydrogen (secondary N) is 3. The molecule has 4 heterocycles. The summed E-state index contributed by atoms with van der Waals surface area (Å²) in [5.74, 6) is -0.257. The van der Waals surface area contributed by atoms with Crippen LogP contribution in [-0.4, -0.2) is 56.0 Å². The standard InChI is InChI=1S/C26H25N7O2/c1-14(2)25(34)29-17-8-15(11-27-13-17)16-9-20-23(31-32-24(20)28-12-16)22-10-19-18(26(35)33(3)4)6-5-7-21(19)30-22/h5-14,30H,1-4H3,(H,29,34)(H,28,31,32). The quantitative estimate of drug-likeness (QED) is 0.352. The molecular formula is C26H25N7O2. The Balaban J connectivity index is 1.56. The van der Waals surface area contributed by atoms with Gasteiger partial charge in [-0.25, -0.2) is 4.98 Å². The summed E-state index contributed by atoms with van der Waals surface area (Å²) in [6.45, 7) is 3.68. The smallest absolute Gasteiger partial charge is 0.254 e. The zero-order chi connectivity index (χ0) is 24.7. The van der Waals surface area contributed by atoms with Crippen molar-refractivity contribution >= 4 is 39.4 Å². The van der Waals surface area contributed by atoms with E-state index in [4.69, 9.17) is 0 Å². The largest absolute Gasteiger partial charge is 0.353 e. The molecule has 35 heavy (non-hydrogen) atoms. The van der Waals surface area contributed by atoms with Gasteiger partial charge in [-0.1, -0.05) is 19.9 Å². The predicted molar refractivity (Wildman–Crippen MR) is 136 cm³/mol. The summed E-state index contributed by atoms with van der Waals surface area (Å²) < 4.78 is 0. The van der Waals surface area contributed by atoms with Gasteiger partial charge in [-0.15, -0.1) is 0 Å². The summed E-state index contributed by atoms with van der Waals surface area (Å²) in [7, 11) is 3.48. The molecule has 0 saturated heterocycles. The van der Waals surface area contributed by atoms with E-state index in [-0.39, 0.29) is 17.7 Å². The fourth-order valence-electron chi connectivity index (χ4n) is 3.93. The van der Waals surface area contributed by atoms with Gasteiger partial charge in [-0.3, -0.25) is 19.7 Å². The lowest BCUT2D eigenvalue weighted by Gasteiger charge is -2.10. The molecule has 9 nitrogen and oxygen atoms in total. The second kappa shape index (κ2) is 8.68. The van der Waals surface area contributed by atoms with Gasteiger partial charge in [0, 0.05) is 65.4 Å². The first-order valence-corrected chi connectivity index (χ1v) is 11.3. The van der Waals surface area contributed by atoms with E-state index < -0.39 is 0 Å². The normalized spacial score (nSPS) is 11.3. The van der Waals surface area contributed by atoms with Crippen molar-refractivity contribution in [1.29, 1.82) is 0 Å². The second-order valence-corrected chi connectivity index (χ2v) is 8.95. The van der Waals surface area contributed by atoms with Crippen molar-refractivity contribution in [1.82, 2.24) is 30.0 Å². The Morgan fingerprint density at radius 3 is 2.57 bits per heavy atom.